The van der Waals surface area contributed by atoms with E-state index in [0.29, 0.717) is 10.7 Å². The Hall–Kier alpha value is -2.60. The number of benzene rings is 2. The smallest absolute Gasteiger partial charge is 0.341 e. The first-order chi connectivity index (χ1) is 11.5. The second-order valence-corrected chi connectivity index (χ2v) is 5.16. The third-order valence-electron chi connectivity index (χ3n) is 2.98. The van der Waals surface area contributed by atoms with Crippen LogP contribution in [0.5, 0.6) is 0 Å². The molecule has 0 amide bonds. The molecule has 24 heavy (non-hydrogen) atoms. The molecule has 0 saturated heterocycles. The Labute approximate surface area is 143 Å². The lowest BCUT2D eigenvalue weighted by Crippen LogP contribution is -2.30. The molecule has 0 aliphatic heterocycles. The molecule has 0 N–H and O–H groups in total. The van der Waals surface area contributed by atoms with Crippen LogP contribution < -0.4 is 0 Å². The van der Waals surface area contributed by atoms with E-state index in [0.717, 1.165) is 12.1 Å². The van der Waals surface area contributed by atoms with Gasteiger partial charge in [0.15, 0.2) is 0 Å². The van der Waals surface area contributed by atoms with Crippen molar-refractivity contribution in [3.8, 4) is 0 Å². The summed E-state index contributed by atoms with van der Waals surface area (Å²) in [5.41, 5.74) is 0.531. The molecule has 2 rings (SSSR count). The minimum absolute atomic E-state index is 0.0959. The maximum atomic E-state index is 13.0. The molecule has 0 aromatic heterocycles. The first-order valence-corrected chi connectivity index (χ1v) is 7.52. The van der Waals surface area contributed by atoms with Crippen LogP contribution in [0, 0.1) is 5.82 Å². The van der Waals surface area contributed by atoms with Gasteiger partial charge in [-0.1, -0.05) is 17.7 Å². The van der Waals surface area contributed by atoms with Crippen molar-refractivity contribution in [2.75, 3.05) is 6.61 Å². The van der Waals surface area contributed by atoms with Crippen molar-refractivity contribution in [3.63, 3.8) is 0 Å². The molecule has 5 nitrogen and oxygen atoms in total. The third-order valence-corrected chi connectivity index (χ3v) is 3.22. The Morgan fingerprint density at radius 3 is 2.54 bits per heavy atom. The molecule has 0 aliphatic rings. The second kappa shape index (κ2) is 8.31. The summed E-state index contributed by atoms with van der Waals surface area (Å²) in [5, 5.41) is 8.13. The molecular formula is C17H14ClFN2O3. The van der Waals surface area contributed by atoms with Gasteiger partial charge in [-0.15, -0.1) is 0 Å². The number of carbonyl (C=O) groups is 2. The molecule has 2 aromatic rings. The number of esters is 1. The number of hydrogen-bond acceptors (Lipinski definition) is 5. The predicted octanol–water partition coefficient (Wildman–Crippen LogP) is 4.38. The van der Waals surface area contributed by atoms with E-state index in [9.17, 15) is 14.0 Å². The van der Waals surface area contributed by atoms with Gasteiger partial charge in [-0.25, -0.2) is 9.18 Å². The van der Waals surface area contributed by atoms with Crippen LogP contribution in [0.15, 0.2) is 58.8 Å². The van der Waals surface area contributed by atoms with Crippen molar-refractivity contribution in [1.29, 1.82) is 0 Å². The number of nitrogens with zero attached hydrogens (tertiary/aromatic N) is 2. The zero-order valence-electron chi connectivity index (χ0n) is 12.8. The highest BCUT2D eigenvalue weighted by atomic mass is 35.5. The van der Waals surface area contributed by atoms with Gasteiger partial charge in [0.25, 0.3) is 0 Å². The van der Waals surface area contributed by atoms with Gasteiger partial charge in [0.1, 0.15) is 5.82 Å². The molecule has 0 spiro atoms. The summed E-state index contributed by atoms with van der Waals surface area (Å²) in [7, 11) is 0. The first kappa shape index (κ1) is 17.7. The highest BCUT2D eigenvalue weighted by Crippen LogP contribution is 2.19. The molecule has 0 unspecified atom stereocenters. The number of Topliss-reactive ketones (excluding diaryl/α,β-unsaturated/α-hetero) is 1. The zero-order valence-corrected chi connectivity index (χ0v) is 13.5. The summed E-state index contributed by atoms with van der Waals surface area (Å²) in [4.78, 5) is 24.5. The zero-order chi connectivity index (χ0) is 17.5. The van der Waals surface area contributed by atoms with Gasteiger partial charge in [0.05, 0.1) is 12.3 Å². The normalized spacial score (nSPS) is 12.1. The van der Waals surface area contributed by atoms with E-state index in [2.05, 4.69) is 10.2 Å². The molecule has 7 heteroatoms. The van der Waals surface area contributed by atoms with Crippen LogP contribution in [0.3, 0.4) is 0 Å². The Balaban J connectivity index is 2.28. The van der Waals surface area contributed by atoms with Gasteiger partial charge in [-0.2, -0.15) is 10.2 Å². The summed E-state index contributed by atoms with van der Waals surface area (Å²) >= 11 is 5.85. The standard InChI is InChI=1S/C17H14ClFN2O3/c1-2-24-17(23)15(16(22)11-6-8-13(19)9-7-11)21-20-14-5-3-4-12(18)10-14/h3-10,15H,2H2,1H3/t15-/m1/s1. The molecule has 0 radical (unpaired) electrons. The summed E-state index contributed by atoms with van der Waals surface area (Å²) in [6.07, 6.45) is 0. The molecule has 124 valence electrons. The molecule has 1 atom stereocenters. The van der Waals surface area contributed by atoms with E-state index in [1.807, 2.05) is 0 Å². The highest BCUT2D eigenvalue weighted by Gasteiger charge is 2.29. The Morgan fingerprint density at radius 1 is 1.21 bits per heavy atom. The summed E-state index contributed by atoms with van der Waals surface area (Å²) in [6, 6.07) is 9.83. The van der Waals surface area contributed by atoms with Gasteiger partial charge in [0, 0.05) is 10.6 Å². The fraction of sp³-hybridized carbons (Fsp3) is 0.176. The van der Waals surface area contributed by atoms with Crippen molar-refractivity contribution in [3.05, 3.63) is 64.9 Å². The number of azo groups is 1. The maximum Gasteiger partial charge on any atom is 0.341 e. The van der Waals surface area contributed by atoms with E-state index in [4.69, 9.17) is 16.3 Å². The van der Waals surface area contributed by atoms with Crippen molar-refractivity contribution in [2.24, 2.45) is 10.2 Å². The minimum atomic E-state index is -1.46. The average molecular weight is 349 g/mol. The molecule has 0 aliphatic carbocycles. The van der Waals surface area contributed by atoms with Gasteiger partial charge in [0.2, 0.25) is 11.8 Å². The van der Waals surface area contributed by atoms with Crippen LogP contribution in [-0.4, -0.2) is 24.4 Å². The number of hydrogen-bond donors (Lipinski definition) is 0. The van der Waals surface area contributed by atoms with Crippen LogP contribution in [0.2, 0.25) is 5.02 Å². The largest absolute Gasteiger partial charge is 0.464 e. The van der Waals surface area contributed by atoms with Crippen LogP contribution in [0.1, 0.15) is 17.3 Å². The van der Waals surface area contributed by atoms with Crippen LogP contribution in [-0.2, 0) is 9.53 Å². The van der Waals surface area contributed by atoms with E-state index in [1.165, 1.54) is 18.2 Å². The van der Waals surface area contributed by atoms with Gasteiger partial charge in [-0.3, -0.25) is 4.79 Å². The van der Waals surface area contributed by atoms with Crippen LogP contribution >= 0.6 is 11.6 Å². The fourth-order valence-electron chi connectivity index (χ4n) is 1.86. The Bertz CT molecular complexity index is 763. The molecule has 0 saturated carbocycles. The van der Waals surface area contributed by atoms with E-state index in [-0.39, 0.29) is 12.2 Å². The topological polar surface area (TPSA) is 68.1 Å². The monoisotopic (exact) mass is 348 g/mol. The Kier molecular flexibility index (Phi) is 6.14. The van der Waals surface area contributed by atoms with Crippen LogP contribution in [0.25, 0.3) is 0 Å². The number of carbonyl (C=O) groups excluding carboxylic acids is 2. The molecule has 0 fully saturated rings. The number of rotatable bonds is 6. The fourth-order valence-corrected chi connectivity index (χ4v) is 2.05. The lowest BCUT2D eigenvalue weighted by Gasteiger charge is -2.09. The summed E-state index contributed by atoms with van der Waals surface area (Å²) < 4.78 is 17.8. The molecule has 2 aromatic carbocycles. The summed E-state index contributed by atoms with van der Waals surface area (Å²) in [6.45, 7) is 1.71. The van der Waals surface area contributed by atoms with E-state index in [1.54, 1.807) is 25.1 Å². The lowest BCUT2D eigenvalue weighted by molar-refractivity contribution is -0.143. The van der Waals surface area contributed by atoms with Crippen molar-refractivity contribution in [2.45, 2.75) is 13.0 Å². The third kappa shape index (κ3) is 4.70. The summed E-state index contributed by atoms with van der Waals surface area (Å²) in [5.74, 6) is -1.93. The van der Waals surface area contributed by atoms with Gasteiger partial charge in [-0.05, 0) is 49.4 Å². The molecule has 0 bridgehead atoms. The first-order valence-electron chi connectivity index (χ1n) is 7.14. The molecule has 0 heterocycles. The molecular weight excluding hydrogens is 335 g/mol. The lowest BCUT2D eigenvalue weighted by atomic mass is 10.1. The second-order valence-electron chi connectivity index (χ2n) is 4.72. The highest BCUT2D eigenvalue weighted by molar-refractivity contribution is 6.30. The maximum absolute atomic E-state index is 13.0. The van der Waals surface area contributed by atoms with Crippen molar-refractivity contribution >= 4 is 29.0 Å². The predicted molar refractivity (Wildman–Crippen MR) is 87.1 cm³/mol. The van der Waals surface area contributed by atoms with E-state index < -0.39 is 23.6 Å². The number of halogens is 2. The van der Waals surface area contributed by atoms with Crippen molar-refractivity contribution < 1.29 is 18.7 Å². The quantitative estimate of drug-likeness (QED) is 0.337. The number of ketones is 1. The number of ether oxygens (including phenoxy) is 1. The van der Waals surface area contributed by atoms with E-state index >= 15 is 0 Å². The van der Waals surface area contributed by atoms with Crippen LogP contribution in [0.4, 0.5) is 10.1 Å². The minimum Gasteiger partial charge on any atom is -0.464 e. The SMILES string of the molecule is CCOC(=O)[C@H](N=Nc1cccc(Cl)c1)C(=O)c1ccc(F)cc1. The van der Waals surface area contributed by atoms with Crippen molar-refractivity contribution in [1.82, 2.24) is 0 Å². The van der Waals surface area contributed by atoms with Gasteiger partial charge < -0.3 is 4.74 Å². The Morgan fingerprint density at radius 2 is 1.92 bits per heavy atom. The van der Waals surface area contributed by atoms with Gasteiger partial charge >= 0.3 is 5.97 Å². The average Bonchev–Trinajstić information content (AvgIpc) is 2.56.